The first-order valence-corrected chi connectivity index (χ1v) is 7.39. The van der Waals surface area contributed by atoms with Crippen molar-refractivity contribution < 1.29 is 4.74 Å². The maximum Gasteiger partial charge on any atom is 0.281 e. The van der Waals surface area contributed by atoms with Crippen molar-refractivity contribution in [3.63, 3.8) is 0 Å². The Morgan fingerprint density at radius 1 is 1.40 bits per heavy atom. The van der Waals surface area contributed by atoms with Crippen molar-refractivity contribution in [3.8, 4) is 5.88 Å². The van der Waals surface area contributed by atoms with Gasteiger partial charge in [0.15, 0.2) is 10.8 Å². The Labute approximate surface area is 124 Å². The van der Waals surface area contributed by atoms with Crippen molar-refractivity contribution in [1.29, 1.82) is 0 Å². The van der Waals surface area contributed by atoms with E-state index >= 15 is 0 Å². The van der Waals surface area contributed by atoms with Gasteiger partial charge in [-0.15, -0.1) is 0 Å². The summed E-state index contributed by atoms with van der Waals surface area (Å²) in [6.07, 6.45) is 0. The number of hydrogen-bond donors (Lipinski definition) is 1. The lowest BCUT2D eigenvalue weighted by molar-refractivity contribution is 0.390. The van der Waals surface area contributed by atoms with E-state index < -0.39 is 0 Å². The Kier molecular flexibility index (Phi) is 3.58. The Bertz CT molecular complexity index is 700. The molecule has 0 fully saturated rings. The van der Waals surface area contributed by atoms with Crippen molar-refractivity contribution in [3.05, 3.63) is 39.6 Å². The summed E-state index contributed by atoms with van der Waals surface area (Å²) in [7, 11) is 1.51. The molecule has 0 bridgehead atoms. The number of halogens is 1. The zero-order chi connectivity index (χ0) is 14.1. The van der Waals surface area contributed by atoms with E-state index in [2.05, 4.69) is 10.3 Å². The van der Waals surface area contributed by atoms with Crippen molar-refractivity contribution in [2.24, 2.45) is 0 Å². The number of nitrogens with zero attached hydrogens (tertiary/aromatic N) is 2. The van der Waals surface area contributed by atoms with Crippen LogP contribution in [0.25, 0.3) is 0 Å². The average molecular weight is 310 g/mol. The number of anilines is 2. The minimum absolute atomic E-state index is 0.119. The first-order chi connectivity index (χ1) is 9.69. The summed E-state index contributed by atoms with van der Waals surface area (Å²) in [6, 6.07) is 7.11. The van der Waals surface area contributed by atoms with Crippen molar-refractivity contribution in [2.45, 2.75) is 11.7 Å². The van der Waals surface area contributed by atoms with Gasteiger partial charge in [-0.1, -0.05) is 23.4 Å². The van der Waals surface area contributed by atoms with Crippen LogP contribution in [-0.2, 0) is 6.54 Å². The molecular weight excluding hydrogens is 298 g/mol. The quantitative estimate of drug-likeness (QED) is 0.884. The smallest absolute Gasteiger partial charge is 0.281 e. The molecule has 0 unspecified atom stereocenters. The second-order valence-electron chi connectivity index (χ2n) is 4.22. The minimum Gasteiger partial charge on any atom is -0.479 e. The molecule has 2 aromatic rings. The van der Waals surface area contributed by atoms with Crippen LogP contribution >= 0.6 is 23.4 Å². The summed E-state index contributed by atoms with van der Waals surface area (Å²) >= 11 is 7.40. The third-order valence-corrected chi connectivity index (χ3v) is 4.16. The van der Waals surface area contributed by atoms with E-state index in [-0.39, 0.29) is 5.56 Å². The van der Waals surface area contributed by atoms with Gasteiger partial charge in [0, 0.05) is 23.0 Å². The summed E-state index contributed by atoms with van der Waals surface area (Å²) in [5, 5.41) is 4.40. The van der Waals surface area contributed by atoms with Crippen LogP contribution in [0.5, 0.6) is 5.88 Å². The molecular formula is C13H12ClN3O2S. The van der Waals surface area contributed by atoms with E-state index in [1.165, 1.54) is 7.11 Å². The molecule has 0 saturated carbocycles. The molecule has 3 rings (SSSR count). The summed E-state index contributed by atoms with van der Waals surface area (Å²) in [4.78, 5) is 16.8. The molecule has 0 saturated heterocycles. The van der Waals surface area contributed by atoms with Crippen LogP contribution in [0, 0.1) is 0 Å². The summed E-state index contributed by atoms with van der Waals surface area (Å²) in [6.45, 7) is 0.672. The molecule has 0 radical (unpaired) electrons. The second kappa shape index (κ2) is 5.38. The normalized spacial score (nSPS) is 13.1. The molecule has 1 aliphatic rings. The lowest BCUT2D eigenvalue weighted by atomic mass is 10.3. The van der Waals surface area contributed by atoms with Gasteiger partial charge in [0.1, 0.15) is 0 Å². The lowest BCUT2D eigenvalue weighted by Gasteiger charge is -2.12. The predicted octanol–water partition coefficient (Wildman–Crippen LogP) is 2.75. The highest BCUT2D eigenvalue weighted by molar-refractivity contribution is 7.99. The van der Waals surface area contributed by atoms with Crippen LogP contribution in [0.3, 0.4) is 0 Å². The molecule has 1 N–H and O–H groups in total. The zero-order valence-electron chi connectivity index (χ0n) is 10.7. The molecule has 7 heteroatoms. The fourth-order valence-electron chi connectivity index (χ4n) is 1.98. The lowest BCUT2D eigenvalue weighted by Crippen LogP contribution is -2.23. The van der Waals surface area contributed by atoms with E-state index in [4.69, 9.17) is 16.3 Å². The van der Waals surface area contributed by atoms with Gasteiger partial charge in [0.05, 0.1) is 7.11 Å². The van der Waals surface area contributed by atoms with E-state index in [0.717, 1.165) is 11.4 Å². The van der Waals surface area contributed by atoms with Crippen LogP contribution in [0.15, 0.2) is 34.2 Å². The average Bonchev–Trinajstić information content (AvgIpc) is 2.92. The van der Waals surface area contributed by atoms with Crippen LogP contribution in [-0.4, -0.2) is 22.4 Å². The zero-order valence-corrected chi connectivity index (χ0v) is 12.3. The van der Waals surface area contributed by atoms with Gasteiger partial charge in [-0.25, -0.2) is 0 Å². The topological polar surface area (TPSA) is 56.2 Å². The van der Waals surface area contributed by atoms with E-state index in [1.54, 1.807) is 40.6 Å². The number of ether oxygens (including phenoxy) is 1. The Morgan fingerprint density at radius 3 is 2.85 bits per heavy atom. The number of hydrogen-bond acceptors (Lipinski definition) is 5. The maximum absolute atomic E-state index is 12.5. The second-order valence-corrected chi connectivity index (χ2v) is 5.71. The molecule has 0 atom stereocenters. The van der Waals surface area contributed by atoms with Gasteiger partial charge < -0.3 is 10.1 Å². The molecule has 0 spiro atoms. The number of thioether (sulfide) groups is 1. The van der Waals surface area contributed by atoms with Gasteiger partial charge in [-0.05, 0) is 24.3 Å². The highest BCUT2D eigenvalue weighted by Gasteiger charge is 2.21. The van der Waals surface area contributed by atoms with Crippen LogP contribution < -0.4 is 15.6 Å². The van der Waals surface area contributed by atoms with E-state index in [0.29, 0.717) is 28.3 Å². The summed E-state index contributed by atoms with van der Waals surface area (Å²) in [5.74, 6) is 1.17. The molecule has 1 aliphatic heterocycles. The Hall–Kier alpha value is -1.66. The van der Waals surface area contributed by atoms with E-state index in [9.17, 15) is 4.79 Å². The monoisotopic (exact) mass is 309 g/mol. The summed E-state index contributed by atoms with van der Waals surface area (Å²) < 4.78 is 6.88. The van der Waals surface area contributed by atoms with Gasteiger partial charge >= 0.3 is 0 Å². The van der Waals surface area contributed by atoms with Crippen molar-refractivity contribution >= 4 is 34.7 Å². The number of rotatable bonds is 3. The van der Waals surface area contributed by atoms with Crippen LogP contribution in [0.1, 0.15) is 0 Å². The fraction of sp³-hybridized carbons (Fsp3) is 0.231. The Balaban J connectivity index is 2.04. The van der Waals surface area contributed by atoms with Crippen LogP contribution in [0.4, 0.5) is 11.4 Å². The Morgan fingerprint density at radius 2 is 2.15 bits per heavy atom. The number of nitrogens with one attached hydrogen (secondary N) is 1. The molecule has 2 heterocycles. The van der Waals surface area contributed by atoms with Crippen molar-refractivity contribution in [1.82, 2.24) is 9.55 Å². The van der Waals surface area contributed by atoms with Gasteiger partial charge in [0.25, 0.3) is 5.56 Å². The molecule has 0 aliphatic carbocycles. The number of aromatic nitrogens is 2. The first-order valence-electron chi connectivity index (χ1n) is 6.03. The third kappa shape index (κ3) is 2.36. The molecule has 104 valence electrons. The molecule has 0 amide bonds. The molecule has 5 nitrogen and oxygen atoms in total. The summed E-state index contributed by atoms with van der Waals surface area (Å²) in [5.41, 5.74) is 0.991. The standard InChI is InChI=1S/C13H12ClN3O2S/c1-19-11-10(15-9-4-2-8(14)3-5-9)12(18)17-6-7-20-13(17)16-11/h2-5,15H,6-7H2,1H3. The minimum atomic E-state index is -0.119. The highest BCUT2D eigenvalue weighted by atomic mass is 35.5. The van der Waals surface area contributed by atoms with Gasteiger partial charge in [-0.3, -0.25) is 9.36 Å². The predicted molar refractivity (Wildman–Crippen MR) is 80.5 cm³/mol. The van der Waals surface area contributed by atoms with Gasteiger partial charge in [-0.2, -0.15) is 4.98 Å². The molecule has 1 aromatic carbocycles. The van der Waals surface area contributed by atoms with E-state index in [1.807, 2.05) is 0 Å². The fourth-order valence-corrected chi connectivity index (χ4v) is 3.04. The van der Waals surface area contributed by atoms with Crippen molar-refractivity contribution in [2.75, 3.05) is 18.2 Å². The highest BCUT2D eigenvalue weighted by Crippen LogP contribution is 2.29. The number of benzene rings is 1. The first kappa shape index (κ1) is 13.3. The SMILES string of the molecule is COc1nc2n(c(=O)c1Nc1ccc(Cl)cc1)CCS2. The largest absolute Gasteiger partial charge is 0.479 e. The number of methoxy groups -OCH3 is 1. The number of fused-ring (bicyclic) bond motifs is 1. The van der Waals surface area contributed by atoms with Crippen LogP contribution in [0.2, 0.25) is 5.02 Å². The van der Waals surface area contributed by atoms with Gasteiger partial charge in [0.2, 0.25) is 5.88 Å². The molecule has 20 heavy (non-hydrogen) atoms. The molecule has 1 aromatic heterocycles. The third-order valence-electron chi connectivity index (χ3n) is 2.95. The maximum atomic E-state index is 12.5.